The third-order valence-electron chi connectivity index (χ3n) is 6.90. The van der Waals surface area contributed by atoms with Crippen LogP contribution in [0.3, 0.4) is 0 Å². The number of nitrogens with one attached hydrogen (secondary N) is 3. The highest BCUT2D eigenvalue weighted by atomic mass is 35.5. The molecular formula is C30H31Cl2N3O6. The standard InChI is InChI=1S/C30H31Cl2N3O6/c1-17-6-4-5-7-24(17)35-30(38)34-20-10-8-18(9-11-20)27(39-2)26(36)21-12-13-33-25(21)16-41-28-22(31)14-19(15-23(28)32)29(37)40-3/h4-11,14-15,21,25,27,33H,12-13,16H2,1-3H3,(H2,34,35,38). The molecule has 1 aliphatic rings. The lowest BCUT2D eigenvalue weighted by Crippen LogP contribution is -2.39. The Morgan fingerprint density at radius 2 is 1.68 bits per heavy atom. The molecule has 1 heterocycles. The first kappa shape index (κ1) is 30.3. The number of ketones is 1. The minimum absolute atomic E-state index is 0.0951. The molecule has 3 aromatic carbocycles. The van der Waals surface area contributed by atoms with Crippen molar-refractivity contribution in [2.24, 2.45) is 5.92 Å². The molecule has 216 valence electrons. The summed E-state index contributed by atoms with van der Waals surface area (Å²) < 4.78 is 16.2. The fraction of sp³-hybridized carbons (Fsp3) is 0.300. The molecule has 4 rings (SSSR count). The molecule has 3 unspecified atom stereocenters. The summed E-state index contributed by atoms with van der Waals surface area (Å²) in [6.07, 6.45) is -0.197. The van der Waals surface area contributed by atoms with Crippen molar-refractivity contribution in [1.29, 1.82) is 0 Å². The zero-order valence-electron chi connectivity index (χ0n) is 22.8. The topological polar surface area (TPSA) is 115 Å². The molecule has 1 fully saturated rings. The SMILES string of the molecule is COC(=O)c1cc(Cl)c(OCC2NCCC2C(=O)C(OC)c2ccc(NC(=O)Nc3ccccc3C)cc2)c(Cl)c1. The van der Waals surface area contributed by atoms with Gasteiger partial charge >= 0.3 is 12.0 Å². The average molecular weight is 600 g/mol. The maximum atomic E-state index is 13.6. The van der Waals surface area contributed by atoms with Crippen LogP contribution in [0.5, 0.6) is 5.75 Å². The summed E-state index contributed by atoms with van der Waals surface area (Å²) in [4.78, 5) is 37.8. The Bertz CT molecular complexity index is 1390. The zero-order valence-corrected chi connectivity index (χ0v) is 24.3. The lowest BCUT2D eigenvalue weighted by molar-refractivity contribution is -0.133. The van der Waals surface area contributed by atoms with E-state index in [1.54, 1.807) is 24.3 Å². The Morgan fingerprint density at radius 3 is 2.32 bits per heavy atom. The Hall–Kier alpha value is -3.63. The number of carbonyl (C=O) groups is 3. The van der Waals surface area contributed by atoms with Gasteiger partial charge in [-0.15, -0.1) is 0 Å². The van der Waals surface area contributed by atoms with Gasteiger partial charge in [-0.25, -0.2) is 9.59 Å². The average Bonchev–Trinajstić information content (AvgIpc) is 3.43. The van der Waals surface area contributed by atoms with E-state index in [0.29, 0.717) is 24.2 Å². The van der Waals surface area contributed by atoms with Gasteiger partial charge in [0.2, 0.25) is 0 Å². The number of hydrogen-bond acceptors (Lipinski definition) is 7. The van der Waals surface area contributed by atoms with E-state index in [1.165, 1.54) is 26.4 Å². The second-order valence-corrected chi connectivity index (χ2v) is 10.4. The van der Waals surface area contributed by atoms with E-state index < -0.39 is 12.1 Å². The monoisotopic (exact) mass is 599 g/mol. The fourth-order valence-electron chi connectivity index (χ4n) is 4.74. The molecule has 9 nitrogen and oxygen atoms in total. The van der Waals surface area contributed by atoms with Gasteiger partial charge in [-0.3, -0.25) is 4.79 Å². The number of anilines is 2. The molecular weight excluding hydrogens is 569 g/mol. The number of Topliss-reactive ketones (excluding diaryl/α,β-unsaturated/α-hetero) is 1. The summed E-state index contributed by atoms with van der Waals surface area (Å²) >= 11 is 12.6. The van der Waals surface area contributed by atoms with Crippen LogP contribution in [-0.2, 0) is 14.3 Å². The number of methoxy groups -OCH3 is 2. The lowest BCUT2D eigenvalue weighted by Gasteiger charge is -2.24. The first-order valence-corrected chi connectivity index (χ1v) is 13.7. The Balaban J connectivity index is 1.38. The summed E-state index contributed by atoms with van der Waals surface area (Å²) in [5, 5.41) is 9.25. The van der Waals surface area contributed by atoms with Gasteiger partial charge < -0.3 is 30.2 Å². The van der Waals surface area contributed by atoms with E-state index in [-0.39, 0.29) is 51.7 Å². The summed E-state index contributed by atoms with van der Waals surface area (Å²) in [6.45, 7) is 2.67. The zero-order chi connectivity index (χ0) is 29.5. The van der Waals surface area contributed by atoms with Crippen LogP contribution >= 0.6 is 23.2 Å². The van der Waals surface area contributed by atoms with Crippen molar-refractivity contribution in [2.75, 3.05) is 38.0 Å². The van der Waals surface area contributed by atoms with E-state index >= 15 is 0 Å². The molecule has 0 aromatic heterocycles. The number of ether oxygens (including phenoxy) is 3. The molecule has 0 aliphatic carbocycles. The number of urea groups is 1. The van der Waals surface area contributed by atoms with Crippen LogP contribution in [-0.4, -0.2) is 51.2 Å². The van der Waals surface area contributed by atoms with Crippen LogP contribution in [0.1, 0.15) is 34.0 Å². The van der Waals surface area contributed by atoms with Crippen LogP contribution < -0.4 is 20.7 Å². The van der Waals surface area contributed by atoms with Crippen LogP contribution in [0.25, 0.3) is 0 Å². The number of carbonyl (C=O) groups excluding carboxylic acids is 3. The number of aryl methyl sites for hydroxylation is 1. The number of hydrogen-bond donors (Lipinski definition) is 3. The fourth-order valence-corrected chi connectivity index (χ4v) is 5.34. The van der Waals surface area contributed by atoms with Crippen LogP contribution in [0.2, 0.25) is 10.0 Å². The summed E-state index contributed by atoms with van der Waals surface area (Å²) in [6, 6.07) is 16.6. The molecule has 0 saturated carbocycles. The number of benzene rings is 3. The second kappa shape index (κ2) is 13.8. The van der Waals surface area contributed by atoms with Crippen LogP contribution in [0, 0.1) is 12.8 Å². The van der Waals surface area contributed by atoms with Gasteiger partial charge in [0.15, 0.2) is 11.5 Å². The normalized spacial score (nSPS) is 17.0. The number of para-hydroxylation sites is 1. The molecule has 41 heavy (non-hydrogen) atoms. The van der Waals surface area contributed by atoms with Crippen molar-refractivity contribution < 1.29 is 28.6 Å². The van der Waals surface area contributed by atoms with Crippen molar-refractivity contribution in [2.45, 2.75) is 25.5 Å². The first-order valence-electron chi connectivity index (χ1n) is 13.0. The second-order valence-electron chi connectivity index (χ2n) is 9.56. The molecule has 0 spiro atoms. The number of halogens is 2. The Kier molecular flexibility index (Phi) is 10.2. The summed E-state index contributed by atoms with van der Waals surface area (Å²) in [5.41, 5.74) is 3.12. The van der Waals surface area contributed by atoms with Gasteiger partial charge in [0.25, 0.3) is 0 Å². The maximum Gasteiger partial charge on any atom is 0.337 e. The van der Waals surface area contributed by atoms with Crippen molar-refractivity contribution in [3.8, 4) is 5.75 Å². The van der Waals surface area contributed by atoms with E-state index in [4.69, 9.17) is 37.4 Å². The highest BCUT2D eigenvalue weighted by Gasteiger charge is 2.37. The van der Waals surface area contributed by atoms with Crippen molar-refractivity contribution in [1.82, 2.24) is 5.32 Å². The van der Waals surface area contributed by atoms with E-state index in [9.17, 15) is 14.4 Å². The third kappa shape index (κ3) is 7.37. The minimum Gasteiger partial charge on any atom is -0.489 e. The van der Waals surface area contributed by atoms with Gasteiger partial charge in [-0.05, 0) is 61.3 Å². The van der Waals surface area contributed by atoms with E-state index in [2.05, 4.69) is 16.0 Å². The molecule has 1 aliphatic heterocycles. The van der Waals surface area contributed by atoms with Gasteiger partial charge in [0.1, 0.15) is 12.7 Å². The summed E-state index contributed by atoms with van der Waals surface area (Å²) in [7, 11) is 2.75. The highest BCUT2D eigenvalue weighted by Crippen LogP contribution is 2.35. The van der Waals surface area contributed by atoms with Crippen molar-refractivity contribution >= 4 is 52.4 Å². The Morgan fingerprint density at radius 1 is 1.00 bits per heavy atom. The Labute approximate surface area is 248 Å². The minimum atomic E-state index is -0.802. The maximum absolute atomic E-state index is 13.6. The van der Waals surface area contributed by atoms with Gasteiger partial charge in [-0.2, -0.15) is 0 Å². The molecule has 3 aromatic rings. The van der Waals surface area contributed by atoms with E-state index in [0.717, 1.165) is 11.3 Å². The third-order valence-corrected chi connectivity index (χ3v) is 7.46. The molecule has 3 atom stereocenters. The molecule has 11 heteroatoms. The summed E-state index contributed by atoms with van der Waals surface area (Å²) in [5.74, 6) is -0.825. The van der Waals surface area contributed by atoms with E-state index in [1.807, 2.05) is 31.2 Å². The molecule has 0 radical (unpaired) electrons. The smallest absolute Gasteiger partial charge is 0.337 e. The van der Waals surface area contributed by atoms with Gasteiger partial charge in [0.05, 0.1) is 28.8 Å². The molecule has 3 N–H and O–H groups in total. The lowest BCUT2D eigenvalue weighted by atomic mass is 9.89. The molecule has 1 saturated heterocycles. The number of esters is 1. The molecule has 0 bridgehead atoms. The predicted molar refractivity (Wildman–Crippen MR) is 158 cm³/mol. The predicted octanol–water partition coefficient (Wildman–Crippen LogP) is 6.05. The van der Waals surface area contributed by atoms with Crippen LogP contribution in [0.15, 0.2) is 60.7 Å². The van der Waals surface area contributed by atoms with Gasteiger partial charge in [-0.1, -0.05) is 53.5 Å². The molecule has 2 amide bonds. The number of amides is 2. The highest BCUT2D eigenvalue weighted by molar-refractivity contribution is 6.37. The van der Waals surface area contributed by atoms with Crippen LogP contribution in [0.4, 0.5) is 16.2 Å². The quantitative estimate of drug-likeness (QED) is 0.243. The van der Waals surface area contributed by atoms with Gasteiger partial charge in [0, 0.05) is 24.4 Å². The number of rotatable bonds is 10. The van der Waals surface area contributed by atoms with Crippen molar-refractivity contribution in [3.63, 3.8) is 0 Å². The largest absolute Gasteiger partial charge is 0.489 e. The van der Waals surface area contributed by atoms with Crippen molar-refractivity contribution in [3.05, 3.63) is 87.4 Å². The first-order chi connectivity index (χ1) is 19.7.